The summed E-state index contributed by atoms with van der Waals surface area (Å²) in [6.45, 7) is 4.38. The second-order valence-electron chi connectivity index (χ2n) is 8.06. The summed E-state index contributed by atoms with van der Waals surface area (Å²) in [5.74, 6) is 0.515. The van der Waals surface area contributed by atoms with Crippen LogP contribution in [0.2, 0.25) is 5.02 Å². The first-order chi connectivity index (χ1) is 14.1. The summed E-state index contributed by atoms with van der Waals surface area (Å²) in [7, 11) is -0.783. The third-order valence-electron chi connectivity index (χ3n) is 5.45. The lowest BCUT2D eigenvalue weighted by Crippen LogP contribution is -2.37. The molecule has 9 heteroatoms. The largest absolute Gasteiger partial charge is 0.352 e. The number of likely N-dealkylation sites (tertiary alicyclic amines) is 1. The summed E-state index contributed by atoms with van der Waals surface area (Å²) in [4.78, 5) is 26.6. The van der Waals surface area contributed by atoms with Gasteiger partial charge in [-0.2, -0.15) is 0 Å². The zero-order chi connectivity index (χ0) is 22.3. The van der Waals surface area contributed by atoms with E-state index in [1.54, 1.807) is 0 Å². The van der Waals surface area contributed by atoms with Gasteiger partial charge in [-0.1, -0.05) is 24.9 Å². The van der Waals surface area contributed by atoms with E-state index in [9.17, 15) is 18.0 Å². The monoisotopic (exact) mass is 457 g/mol. The standard InChI is InChI=1S/C21H32ClN3O4S/c1-16-10-13-25(14-11-16)20(26)7-5-4-6-12-23-21(27)18-15-17(8-9-19(18)22)30(28,29)24(2)3/h8-9,15-16H,4-7,10-14H2,1-3H3,(H,23,27). The maximum Gasteiger partial charge on any atom is 0.252 e. The maximum absolute atomic E-state index is 12.4. The number of hydrogen-bond acceptors (Lipinski definition) is 4. The first kappa shape index (κ1) is 24.6. The molecular formula is C21H32ClN3O4S. The molecule has 0 atom stereocenters. The van der Waals surface area contributed by atoms with E-state index < -0.39 is 15.9 Å². The Kier molecular flexibility index (Phi) is 9.12. The summed E-state index contributed by atoms with van der Waals surface area (Å²) in [6.07, 6.45) is 5.06. The molecule has 1 saturated heterocycles. The van der Waals surface area contributed by atoms with Crippen LogP contribution >= 0.6 is 11.6 Å². The second-order valence-corrected chi connectivity index (χ2v) is 10.6. The molecule has 1 N–H and O–H groups in total. The fourth-order valence-electron chi connectivity index (χ4n) is 3.34. The molecule has 1 aromatic rings. The summed E-state index contributed by atoms with van der Waals surface area (Å²) < 4.78 is 25.6. The highest BCUT2D eigenvalue weighted by atomic mass is 35.5. The van der Waals surface area contributed by atoms with Gasteiger partial charge >= 0.3 is 0 Å². The van der Waals surface area contributed by atoms with Crippen LogP contribution in [0.15, 0.2) is 23.1 Å². The van der Waals surface area contributed by atoms with Crippen molar-refractivity contribution in [2.24, 2.45) is 5.92 Å². The van der Waals surface area contributed by atoms with Crippen LogP contribution in [-0.2, 0) is 14.8 Å². The van der Waals surface area contributed by atoms with E-state index >= 15 is 0 Å². The topological polar surface area (TPSA) is 86.8 Å². The van der Waals surface area contributed by atoms with Gasteiger partial charge in [-0.3, -0.25) is 9.59 Å². The Hall–Kier alpha value is -1.64. The molecule has 1 fully saturated rings. The van der Waals surface area contributed by atoms with Crippen molar-refractivity contribution in [3.05, 3.63) is 28.8 Å². The van der Waals surface area contributed by atoms with Crippen LogP contribution in [0.1, 0.15) is 55.8 Å². The first-order valence-corrected chi connectivity index (χ1v) is 12.2. The summed E-state index contributed by atoms with van der Waals surface area (Å²) in [6, 6.07) is 4.10. The van der Waals surface area contributed by atoms with Crippen molar-refractivity contribution < 1.29 is 18.0 Å². The number of carbonyl (C=O) groups is 2. The number of unbranched alkanes of at least 4 members (excludes halogenated alkanes) is 2. The third-order valence-corrected chi connectivity index (χ3v) is 7.59. The van der Waals surface area contributed by atoms with Gasteiger partial charge in [0.1, 0.15) is 0 Å². The number of benzene rings is 1. The van der Waals surface area contributed by atoms with Crippen molar-refractivity contribution in [2.45, 2.75) is 50.3 Å². The molecule has 0 radical (unpaired) electrons. The van der Waals surface area contributed by atoms with Crippen molar-refractivity contribution in [1.82, 2.24) is 14.5 Å². The van der Waals surface area contributed by atoms with Crippen molar-refractivity contribution >= 4 is 33.4 Å². The van der Waals surface area contributed by atoms with Gasteiger partial charge in [-0.15, -0.1) is 0 Å². The molecule has 0 aromatic heterocycles. The minimum Gasteiger partial charge on any atom is -0.352 e. The number of carbonyl (C=O) groups excluding carboxylic acids is 2. The Balaban J connectivity index is 1.75. The molecule has 0 unspecified atom stereocenters. The molecule has 1 heterocycles. The normalized spacial score (nSPS) is 15.4. The molecule has 2 amide bonds. The molecular weight excluding hydrogens is 426 g/mol. The highest BCUT2D eigenvalue weighted by Crippen LogP contribution is 2.22. The zero-order valence-electron chi connectivity index (χ0n) is 18.0. The smallest absolute Gasteiger partial charge is 0.252 e. The van der Waals surface area contributed by atoms with Crippen LogP contribution in [-0.4, -0.2) is 63.2 Å². The third kappa shape index (κ3) is 6.68. The van der Waals surface area contributed by atoms with Crippen LogP contribution in [0.25, 0.3) is 0 Å². The van der Waals surface area contributed by atoms with E-state index in [2.05, 4.69) is 12.2 Å². The fourth-order valence-corrected chi connectivity index (χ4v) is 4.47. The van der Waals surface area contributed by atoms with Gasteiger partial charge in [0.15, 0.2) is 0 Å². The number of halogens is 1. The molecule has 1 aromatic carbocycles. The molecule has 7 nitrogen and oxygen atoms in total. The number of sulfonamides is 1. The minimum atomic E-state index is -3.64. The zero-order valence-corrected chi connectivity index (χ0v) is 19.6. The number of rotatable bonds is 9. The van der Waals surface area contributed by atoms with Crippen molar-refractivity contribution in [1.29, 1.82) is 0 Å². The van der Waals surface area contributed by atoms with Gasteiger partial charge in [0.05, 0.1) is 15.5 Å². The fraction of sp³-hybridized carbons (Fsp3) is 0.619. The SMILES string of the molecule is CC1CCN(C(=O)CCCCCNC(=O)c2cc(S(=O)(=O)N(C)C)ccc2Cl)CC1. The van der Waals surface area contributed by atoms with Crippen molar-refractivity contribution in [3.8, 4) is 0 Å². The van der Waals surface area contributed by atoms with Gasteiger partial charge in [0.2, 0.25) is 15.9 Å². The Labute approximate surface area is 184 Å². The summed E-state index contributed by atoms with van der Waals surface area (Å²) in [5, 5.41) is 2.98. The molecule has 30 heavy (non-hydrogen) atoms. The lowest BCUT2D eigenvalue weighted by Gasteiger charge is -2.30. The van der Waals surface area contributed by atoms with E-state index in [1.807, 2.05) is 4.90 Å². The average molecular weight is 458 g/mol. The Bertz CT molecular complexity index is 850. The molecule has 0 aliphatic carbocycles. The predicted molar refractivity (Wildman–Crippen MR) is 118 cm³/mol. The lowest BCUT2D eigenvalue weighted by molar-refractivity contribution is -0.132. The highest BCUT2D eigenvalue weighted by molar-refractivity contribution is 7.89. The van der Waals surface area contributed by atoms with Crippen LogP contribution < -0.4 is 5.32 Å². The van der Waals surface area contributed by atoms with E-state index in [4.69, 9.17) is 11.6 Å². The van der Waals surface area contributed by atoms with E-state index in [0.717, 1.165) is 49.5 Å². The lowest BCUT2D eigenvalue weighted by atomic mass is 9.99. The van der Waals surface area contributed by atoms with Gasteiger partial charge in [0.25, 0.3) is 5.91 Å². The van der Waals surface area contributed by atoms with Crippen LogP contribution in [0, 0.1) is 5.92 Å². The molecule has 2 rings (SSSR count). The maximum atomic E-state index is 12.4. The average Bonchev–Trinajstić information content (AvgIpc) is 2.70. The second kappa shape index (κ2) is 11.1. The summed E-state index contributed by atoms with van der Waals surface area (Å²) >= 11 is 6.09. The number of hydrogen-bond donors (Lipinski definition) is 1. The molecule has 168 valence electrons. The Morgan fingerprint density at radius 2 is 1.83 bits per heavy atom. The quantitative estimate of drug-likeness (QED) is 0.577. The predicted octanol–water partition coefficient (Wildman–Crippen LogP) is 3.14. The van der Waals surface area contributed by atoms with E-state index in [1.165, 1.54) is 32.3 Å². The van der Waals surface area contributed by atoms with Crippen molar-refractivity contribution in [2.75, 3.05) is 33.7 Å². The van der Waals surface area contributed by atoms with E-state index in [0.29, 0.717) is 18.9 Å². The number of nitrogens with one attached hydrogen (secondary N) is 1. The highest BCUT2D eigenvalue weighted by Gasteiger charge is 2.21. The van der Waals surface area contributed by atoms with Crippen LogP contribution in [0.3, 0.4) is 0 Å². The summed E-state index contributed by atoms with van der Waals surface area (Å²) in [5.41, 5.74) is 0.133. The Morgan fingerprint density at radius 1 is 1.17 bits per heavy atom. The number of nitrogens with zero attached hydrogens (tertiary/aromatic N) is 2. The minimum absolute atomic E-state index is 0.0210. The van der Waals surface area contributed by atoms with Gasteiger partial charge < -0.3 is 10.2 Å². The van der Waals surface area contributed by atoms with Crippen LogP contribution in [0.4, 0.5) is 0 Å². The molecule has 1 aliphatic rings. The molecule has 0 saturated carbocycles. The molecule has 0 bridgehead atoms. The molecule has 1 aliphatic heterocycles. The van der Waals surface area contributed by atoms with E-state index in [-0.39, 0.29) is 21.4 Å². The van der Waals surface area contributed by atoms with Crippen molar-refractivity contribution in [3.63, 3.8) is 0 Å². The number of piperidine rings is 1. The number of amides is 2. The molecule has 0 spiro atoms. The Morgan fingerprint density at radius 3 is 2.47 bits per heavy atom. The van der Waals surface area contributed by atoms with Gasteiger partial charge in [0, 0.05) is 40.2 Å². The van der Waals surface area contributed by atoms with Crippen LogP contribution in [0.5, 0.6) is 0 Å². The first-order valence-electron chi connectivity index (χ1n) is 10.4. The van der Waals surface area contributed by atoms with Gasteiger partial charge in [-0.05, 0) is 49.8 Å². The van der Waals surface area contributed by atoms with Gasteiger partial charge in [-0.25, -0.2) is 12.7 Å².